The van der Waals surface area contributed by atoms with Crippen molar-refractivity contribution in [2.45, 2.75) is 19.4 Å². The lowest BCUT2D eigenvalue weighted by molar-refractivity contribution is -0.130. The van der Waals surface area contributed by atoms with Crippen LogP contribution < -0.4 is 5.32 Å². The van der Waals surface area contributed by atoms with Crippen LogP contribution in [0.5, 0.6) is 0 Å². The summed E-state index contributed by atoms with van der Waals surface area (Å²) in [6.45, 7) is 4.70. The zero-order valence-electron chi connectivity index (χ0n) is 9.99. The number of rotatable bonds is 4. The molecule has 0 aliphatic carbocycles. The van der Waals surface area contributed by atoms with Gasteiger partial charge in [0.05, 0.1) is 13.2 Å². The topological polar surface area (TPSA) is 72.9 Å². The Bertz CT molecular complexity index is 291. The lowest BCUT2D eigenvalue weighted by Crippen LogP contribution is -2.50. The maximum Gasteiger partial charge on any atom is 0.324 e. The molecule has 92 valence electrons. The minimum absolute atomic E-state index is 0.0387. The van der Waals surface area contributed by atoms with Crippen LogP contribution in [0.3, 0.4) is 0 Å². The van der Waals surface area contributed by atoms with E-state index in [2.05, 4.69) is 5.32 Å². The average Bonchev–Trinajstić information content (AvgIpc) is 2.64. The summed E-state index contributed by atoms with van der Waals surface area (Å²) in [6, 6.07) is -0.333. The molecule has 0 saturated carbocycles. The van der Waals surface area contributed by atoms with Gasteiger partial charge in [0.1, 0.15) is 0 Å². The van der Waals surface area contributed by atoms with E-state index >= 15 is 0 Å². The molecule has 0 spiro atoms. The van der Waals surface area contributed by atoms with Crippen LogP contribution in [0.2, 0.25) is 0 Å². The van der Waals surface area contributed by atoms with E-state index < -0.39 is 5.54 Å². The Labute approximate surface area is 95.2 Å². The monoisotopic (exact) mass is 229 g/mol. The van der Waals surface area contributed by atoms with Gasteiger partial charge in [-0.15, -0.1) is 0 Å². The van der Waals surface area contributed by atoms with Crippen LogP contribution in [0.15, 0.2) is 0 Å². The zero-order chi connectivity index (χ0) is 12.3. The summed E-state index contributed by atoms with van der Waals surface area (Å²) in [4.78, 5) is 25.9. The Kier molecular flexibility index (Phi) is 3.88. The maximum absolute atomic E-state index is 11.8. The molecular formula is C10H19N3O3. The molecule has 2 N–H and O–H groups in total. The van der Waals surface area contributed by atoms with Crippen LogP contribution in [0, 0.1) is 0 Å². The van der Waals surface area contributed by atoms with E-state index in [4.69, 9.17) is 5.11 Å². The van der Waals surface area contributed by atoms with E-state index in [1.807, 2.05) is 13.8 Å². The van der Waals surface area contributed by atoms with Gasteiger partial charge in [0.25, 0.3) is 0 Å². The number of likely N-dealkylation sites (N-methyl/N-ethyl adjacent to an activating group) is 1. The second-order valence-corrected chi connectivity index (χ2v) is 4.60. The highest BCUT2D eigenvalue weighted by molar-refractivity contribution is 5.96. The summed E-state index contributed by atoms with van der Waals surface area (Å²) in [5.74, 6) is -0.237. The largest absolute Gasteiger partial charge is 0.394 e. The van der Waals surface area contributed by atoms with E-state index in [1.165, 1.54) is 4.90 Å². The number of nitrogens with one attached hydrogen (secondary N) is 1. The molecule has 1 aliphatic heterocycles. The molecule has 1 fully saturated rings. The van der Waals surface area contributed by atoms with Gasteiger partial charge in [0.15, 0.2) is 0 Å². The SMILES string of the molecule is CN(CC(=O)N1CCNC1=O)C(C)(C)CO. The molecule has 1 rings (SSSR count). The third-order valence-corrected chi connectivity index (χ3v) is 2.95. The van der Waals surface area contributed by atoms with Gasteiger partial charge in [-0.25, -0.2) is 4.79 Å². The average molecular weight is 229 g/mol. The van der Waals surface area contributed by atoms with E-state index in [1.54, 1.807) is 11.9 Å². The molecule has 6 heteroatoms. The third kappa shape index (κ3) is 2.70. The molecule has 6 nitrogen and oxygen atoms in total. The molecular weight excluding hydrogens is 210 g/mol. The maximum atomic E-state index is 11.8. The number of carbonyl (C=O) groups excluding carboxylic acids is 2. The van der Waals surface area contributed by atoms with Crippen LogP contribution in [0.4, 0.5) is 4.79 Å². The van der Waals surface area contributed by atoms with Crippen LogP contribution in [-0.4, -0.2) is 65.7 Å². The minimum atomic E-state index is -0.466. The number of aliphatic hydroxyl groups is 1. The molecule has 1 saturated heterocycles. The van der Waals surface area contributed by atoms with Crippen molar-refractivity contribution in [2.75, 3.05) is 33.3 Å². The quantitative estimate of drug-likeness (QED) is 0.664. The molecule has 0 aromatic heterocycles. The standard InChI is InChI=1S/C10H19N3O3/c1-10(2,7-14)12(3)6-8(15)13-5-4-11-9(13)16/h14H,4-7H2,1-3H3,(H,11,16). The number of urea groups is 1. The first-order valence-electron chi connectivity index (χ1n) is 5.29. The highest BCUT2D eigenvalue weighted by Crippen LogP contribution is 2.11. The van der Waals surface area contributed by atoms with Gasteiger partial charge in [-0.1, -0.05) is 0 Å². The first kappa shape index (κ1) is 12.9. The van der Waals surface area contributed by atoms with Crippen molar-refractivity contribution >= 4 is 11.9 Å². The smallest absolute Gasteiger partial charge is 0.324 e. The highest BCUT2D eigenvalue weighted by atomic mass is 16.3. The van der Waals surface area contributed by atoms with Crippen molar-refractivity contribution in [3.63, 3.8) is 0 Å². The third-order valence-electron chi connectivity index (χ3n) is 2.95. The summed E-state index contributed by atoms with van der Waals surface area (Å²) < 4.78 is 0. The normalized spacial score (nSPS) is 16.8. The van der Waals surface area contributed by atoms with Crippen molar-refractivity contribution in [2.24, 2.45) is 0 Å². The first-order chi connectivity index (χ1) is 7.38. The molecule has 0 unspecified atom stereocenters. The molecule has 3 amide bonds. The second kappa shape index (κ2) is 4.80. The van der Waals surface area contributed by atoms with Crippen LogP contribution in [-0.2, 0) is 4.79 Å². The van der Waals surface area contributed by atoms with E-state index in [9.17, 15) is 9.59 Å². The summed E-state index contributed by atoms with van der Waals surface area (Å²) in [5, 5.41) is 11.7. The lowest BCUT2D eigenvalue weighted by atomic mass is 10.1. The Morgan fingerprint density at radius 1 is 1.62 bits per heavy atom. The predicted octanol–water partition coefficient (Wildman–Crippen LogP) is -0.759. The zero-order valence-corrected chi connectivity index (χ0v) is 9.99. The van der Waals surface area contributed by atoms with Gasteiger partial charge in [-0.05, 0) is 20.9 Å². The van der Waals surface area contributed by atoms with Crippen molar-refractivity contribution in [3.8, 4) is 0 Å². The summed E-state index contributed by atoms with van der Waals surface area (Å²) >= 11 is 0. The van der Waals surface area contributed by atoms with Crippen molar-refractivity contribution < 1.29 is 14.7 Å². The molecule has 16 heavy (non-hydrogen) atoms. The van der Waals surface area contributed by atoms with Crippen LogP contribution >= 0.6 is 0 Å². The molecule has 0 bridgehead atoms. The predicted molar refractivity (Wildman–Crippen MR) is 58.9 cm³/mol. The first-order valence-corrected chi connectivity index (χ1v) is 5.29. The minimum Gasteiger partial charge on any atom is -0.394 e. The number of amides is 3. The van der Waals surface area contributed by atoms with Gasteiger partial charge in [-0.2, -0.15) is 0 Å². The summed E-state index contributed by atoms with van der Waals surface area (Å²) in [7, 11) is 1.75. The Balaban J connectivity index is 2.54. The van der Waals surface area contributed by atoms with Gasteiger partial charge in [-0.3, -0.25) is 14.6 Å². The van der Waals surface area contributed by atoms with E-state index in [-0.39, 0.29) is 25.1 Å². The molecule has 0 aromatic rings. The Morgan fingerprint density at radius 3 is 2.69 bits per heavy atom. The van der Waals surface area contributed by atoms with Gasteiger partial charge < -0.3 is 10.4 Å². The number of imide groups is 1. The fraction of sp³-hybridized carbons (Fsp3) is 0.800. The van der Waals surface area contributed by atoms with Crippen molar-refractivity contribution in [3.05, 3.63) is 0 Å². The summed E-state index contributed by atoms with van der Waals surface area (Å²) in [6.07, 6.45) is 0. The molecule has 0 atom stereocenters. The second-order valence-electron chi connectivity index (χ2n) is 4.60. The summed E-state index contributed by atoms with van der Waals surface area (Å²) in [5.41, 5.74) is -0.466. The molecule has 1 aliphatic rings. The van der Waals surface area contributed by atoms with E-state index in [0.29, 0.717) is 13.1 Å². The number of aliphatic hydroxyl groups excluding tert-OH is 1. The molecule has 0 aromatic carbocycles. The van der Waals surface area contributed by atoms with Crippen LogP contribution in [0.25, 0.3) is 0 Å². The fourth-order valence-corrected chi connectivity index (χ4v) is 1.33. The number of carbonyl (C=O) groups is 2. The highest BCUT2D eigenvalue weighted by Gasteiger charge is 2.30. The van der Waals surface area contributed by atoms with Crippen molar-refractivity contribution in [1.82, 2.24) is 15.1 Å². The van der Waals surface area contributed by atoms with Gasteiger partial charge >= 0.3 is 6.03 Å². The van der Waals surface area contributed by atoms with Gasteiger partial charge in [0.2, 0.25) is 5.91 Å². The van der Waals surface area contributed by atoms with Crippen LogP contribution in [0.1, 0.15) is 13.8 Å². The lowest BCUT2D eigenvalue weighted by Gasteiger charge is -2.33. The Hall–Kier alpha value is -1.14. The van der Waals surface area contributed by atoms with E-state index in [0.717, 1.165) is 0 Å². The van der Waals surface area contributed by atoms with Gasteiger partial charge in [0, 0.05) is 18.6 Å². The number of hydrogen-bond donors (Lipinski definition) is 2. The molecule has 0 radical (unpaired) electrons. The fourth-order valence-electron chi connectivity index (χ4n) is 1.33. The number of nitrogens with zero attached hydrogens (tertiary/aromatic N) is 2. The number of hydrogen-bond acceptors (Lipinski definition) is 4. The molecule has 1 heterocycles. The van der Waals surface area contributed by atoms with Crippen molar-refractivity contribution in [1.29, 1.82) is 0 Å². The Morgan fingerprint density at radius 2 is 2.25 bits per heavy atom.